The van der Waals surface area contributed by atoms with E-state index in [1.54, 1.807) is 48.2 Å². The van der Waals surface area contributed by atoms with Gasteiger partial charge in [0.05, 0.1) is 32.2 Å². The van der Waals surface area contributed by atoms with Gasteiger partial charge in [-0.25, -0.2) is 18.1 Å². The molecule has 0 radical (unpaired) electrons. The molecule has 3 heterocycles. The number of hydrogen-bond donors (Lipinski definition) is 2. The van der Waals surface area contributed by atoms with Crippen LogP contribution in [0.3, 0.4) is 0 Å². The second-order valence-corrected chi connectivity index (χ2v) is 9.91. The van der Waals surface area contributed by atoms with E-state index in [1.165, 1.54) is 16.8 Å². The lowest BCUT2D eigenvalue weighted by Gasteiger charge is -2.07. The molecule has 5 rings (SSSR count). The number of para-hydroxylation sites is 1. The third-order valence-corrected chi connectivity index (χ3v) is 7.53. The first-order valence-corrected chi connectivity index (χ1v) is 12.1. The fourth-order valence-corrected chi connectivity index (χ4v) is 5.38. The van der Waals surface area contributed by atoms with Crippen LogP contribution in [0.5, 0.6) is 0 Å². The standard InChI is InChI=1S/C22H19N5O3S2/c1-14-20(22(28)27(26(14)2)15-7-4-3-5-8-15)25-32(29,30)16-10-11-17-18(13-16)24-21(23-17)19-9-6-12-31-19/h3-13,25H,1-2H3,(H,23,24). The van der Waals surface area contributed by atoms with Gasteiger partial charge >= 0.3 is 0 Å². The Morgan fingerprint density at radius 1 is 1.06 bits per heavy atom. The molecule has 0 aliphatic heterocycles. The number of fused-ring (bicyclic) bond motifs is 1. The number of aromatic nitrogens is 4. The smallest absolute Gasteiger partial charge is 0.296 e. The summed E-state index contributed by atoms with van der Waals surface area (Å²) in [6.07, 6.45) is 0. The number of hydrogen-bond acceptors (Lipinski definition) is 5. The summed E-state index contributed by atoms with van der Waals surface area (Å²) in [6, 6.07) is 17.6. The minimum atomic E-state index is -4.00. The molecule has 5 aromatic rings. The van der Waals surface area contributed by atoms with E-state index in [-0.39, 0.29) is 10.6 Å². The van der Waals surface area contributed by atoms with E-state index in [9.17, 15) is 13.2 Å². The number of imidazole rings is 1. The van der Waals surface area contributed by atoms with Crippen molar-refractivity contribution >= 4 is 38.1 Å². The zero-order chi connectivity index (χ0) is 22.5. The van der Waals surface area contributed by atoms with Gasteiger partial charge in [-0.1, -0.05) is 24.3 Å². The predicted molar refractivity (Wildman–Crippen MR) is 126 cm³/mol. The Morgan fingerprint density at radius 3 is 2.56 bits per heavy atom. The number of H-pyrrole nitrogens is 1. The highest BCUT2D eigenvalue weighted by molar-refractivity contribution is 7.92. The summed E-state index contributed by atoms with van der Waals surface area (Å²) in [5, 5.41) is 1.95. The van der Waals surface area contributed by atoms with Crippen molar-refractivity contribution in [2.75, 3.05) is 4.72 Å². The summed E-state index contributed by atoms with van der Waals surface area (Å²) in [5.74, 6) is 0.683. The SMILES string of the molecule is Cc1c(NS(=O)(=O)c2ccc3nc(-c4cccs4)[nH]c3c2)c(=O)n(-c2ccccc2)n1C. The van der Waals surface area contributed by atoms with Crippen LogP contribution < -0.4 is 10.3 Å². The van der Waals surface area contributed by atoms with Gasteiger partial charge in [0.1, 0.15) is 11.5 Å². The molecule has 0 amide bonds. The summed E-state index contributed by atoms with van der Waals surface area (Å²) in [6.45, 7) is 1.70. The number of anilines is 1. The van der Waals surface area contributed by atoms with Crippen molar-refractivity contribution in [3.8, 4) is 16.4 Å². The van der Waals surface area contributed by atoms with Crippen LogP contribution >= 0.6 is 11.3 Å². The molecule has 0 aliphatic carbocycles. The number of sulfonamides is 1. The summed E-state index contributed by atoms with van der Waals surface area (Å²) in [5.41, 5.74) is 1.98. The zero-order valence-corrected chi connectivity index (χ0v) is 18.9. The molecule has 2 N–H and O–H groups in total. The van der Waals surface area contributed by atoms with Crippen molar-refractivity contribution in [3.05, 3.63) is 82.1 Å². The van der Waals surface area contributed by atoms with Gasteiger partial charge in [-0.15, -0.1) is 11.3 Å². The van der Waals surface area contributed by atoms with E-state index in [0.717, 1.165) is 4.88 Å². The number of thiophene rings is 1. The van der Waals surface area contributed by atoms with Gasteiger partial charge in [0.15, 0.2) is 0 Å². The van der Waals surface area contributed by atoms with Gasteiger partial charge in [-0.3, -0.25) is 14.2 Å². The van der Waals surface area contributed by atoms with Gasteiger partial charge in [-0.05, 0) is 48.7 Å². The Labute approximate surface area is 187 Å². The maximum atomic E-state index is 13.1. The molecule has 0 saturated heterocycles. The van der Waals surface area contributed by atoms with Crippen LogP contribution in [0.1, 0.15) is 5.69 Å². The van der Waals surface area contributed by atoms with Crippen LogP contribution in [-0.4, -0.2) is 27.7 Å². The molecule has 162 valence electrons. The number of benzene rings is 2. The van der Waals surface area contributed by atoms with Crippen LogP contribution in [0, 0.1) is 6.92 Å². The molecule has 3 aromatic heterocycles. The fourth-order valence-electron chi connectivity index (χ4n) is 3.57. The number of nitrogens with one attached hydrogen (secondary N) is 2. The molecule has 0 unspecified atom stereocenters. The third kappa shape index (κ3) is 3.33. The molecule has 8 nitrogen and oxygen atoms in total. The van der Waals surface area contributed by atoms with Gasteiger partial charge in [-0.2, -0.15) is 0 Å². The molecule has 2 aromatic carbocycles. The maximum absolute atomic E-state index is 13.1. The third-order valence-electron chi connectivity index (χ3n) is 5.31. The van der Waals surface area contributed by atoms with Gasteiger partial charge < -0.3 is 4.98 Å². The van der Waals surface area contributed by atoms with Crippen LogP contribution in [0.15, 0.2) is 75.7 Å². The van der Waals surface area contributed by atoms with E-state index in [0.29, 0.717) is 28.2 Å². The van der Waals surface area contributed by atoms with Gasteiger partial charge in [0.25, 0.3) is 15.6 Å². The highest BCUT2D eigenvalue weighted by atomic mass is 32.2. The monoisotopic (exact) mass is 465 g/mol. The van der Waals surface area contributed by atoms with Gasteiger partial charge in [0, 0.05) is 7.05 Å². The lowest BCUT2D eigenvalue weighted by atomic mass is 10.3. The molecule has 10 heteroatoms. The molecule has 0 aliphatic rings. The van der Waals surface area contributed by atoms with E-state index >= 15 is 0 Å². The Balaban J connectivity index is 1.53. The molecular weight excluding hydrogens is 446 g/mol. The quantitative estimate of drug-likeness (QED) is 0.411. The minimum Gasteiger partial charge on any atom is -0.337 e. The van der Waals surface area contributed by atoms with Crippen molar-refractivity contribution < 1.29 is 8.42 Å². The summed E-state index contributed by atoms with van der Waals surface area (Å²) >= 11 is 1.54. The zero-order valence-electron chi connectivity index (χ0n) is 17.2. The first-order valence-electron chi connectivity index (χ1n) is 9.75. The van der Waals surface area contributed by atoms with Crippen LogP contribution in [-0.2, 0) is 17.1 Å². The number of nitrogens with zero attached hydrogens (tertiary/aromatic N) is 3. The van der Waals surface area contributed by atoms with E-state index in [1.807, 2.05) is 35.7 Å². The number of rotatable bonds is 5. The molecular formula is C22H19N5O3S2. The minimum absolute atomic E-state index is 0.0142. The molecule has 0 atom stereocenters. The normalized spacial score (nSPS) is 11.8. The van der Waals surface area contributed by atoms with E-state index in [2.05, 4.69) is 14.7 Å². The van der Waals surface area contributed by atoms with Crippen molar-refractivity contribution in [2.24, 2.45) is 7.05 Å². The van der Waals surface area contributed by atoms with Crippen molar-refractivity contribution in [1.29, 1.82) is 0 Å². The predicted octanol–water partition coefficient (Wildman–Crippen LogP) is 3.89. The van der Waals surface area contributed by atoms with Crippen LogP contribution in [0.4, 0.5) is 5.69 Å². The van der Waals surface area contributed by atoms with Crippen molar-refractivity contribution in [3.63, 3.8) is 0 Å². The molecule has 32 heavy (non-hydrogen) atoms. The van der Waals surface area contributed by atoms with E-state index < -0.39 is 15.6 Å². The van der Waals surface area contributed by atoms with Crippen molar-refractivity contribution in [2.45, 2.75) is 11.8 Å². The average Bonchev–Trinajstić information content (AvgIpc) is 3.50. The molecule has 0 saturated carbocycles. The maximum Gasteiger partial charge on any atom is 0.296 e. The Bertz CT molecular complexity index is 1590. The fraction of sp³-hybridized carbons (Fsp3) is 0.0909. The Hall–Kier alpha value is -3.63. The first-order chi connectivity index (χ1) is 15.3. The highest BCUT2D eigenvalue weighted by Crippen LogP contribution is 2.26. The first kappa shape index (κ1) is 20.3. The second kappa shape index (κ2) is 7.50. The highest BCUT2D eigenvalue weighted by Gasteiger charge is 2.23. The summed E-state index contributed by atoms with van der Waals surface area (Å²) in [4.78, 5) is 21.8. The van der Waals surface area contributed by atoms with Gasteiger partial charge in [0.2, 0.25) is 0 Å². The second-order valence-electron chi connectivity index (χ2n) is 7.28. The largest absolute Gasteiger partial charge is 0.337 e. The Kier molecular flexibility index (Phi) is 4.75. The average molecular weight is 466 g/mol. The lowest BCUT2D eigenvalue weighted by Crippen LogP contribution is -2.23. The van der Waals surface area contributed by atoms with Crippen molar-refractivity contribution in [1.82, 2.24) is 19.3 Å². The molecule has 0 spiro atoms. The number of aromatic amines is 1. The molecule has 0 fully saturated rings. The van der Waals surface area contributed by atoms with Crippen LogP contribution in [0.2, 0.25) is 0 Å². The Morgan fingerprint density at radius 2 is 1.84 bits per heavy atom. The lowest BCUT2D eigenvalue weighted by molar-refractivity contribution is 0.601. The molecule has 0 bridgehead atoms. The topological polar surface area (TPSA) is 102 Å². The van der Waals surface area contributed by atoms with Crippen LogP contribution in [0.25, 0.3) is 27.4 Å². The van der Waals surface area contributed by atoms with E-state index in [4.69, 9.17) is 0 Å². The summed E-state index contributed by atoms with van der Waals surface area (Å²) in [7, 11) is -2.29. The summed E-state index contributed by atoms with van der Waals surface area (Å²) < 4.78 is 31.8.